The second kappa shape index (κ2) is 6.99. The van der Waals surface area contributed by atoms with Gasteiger partial charge < -0.3 is 5.73 Å². The van der Waals surface area contributed by atoms with Crippen molar-refractivity contribution in [3.05, 3.63) is 23.2 Å². The second-order valence-electron chi connectivity index (χ2n) is 5.68. The first-order valence-corrected chi connectivity index (χ1v) is 9.32. The largest absolute Gasteiger partial charge is 0.399 e. The Morgan fingerprint density at radius 3 is 2.81 bits per heavy atom. The molecule has 1 atom stereocenters. The molecular formula is C15H23ClN2O2S. The lowest BCUT2D eigenvalue weighted by Gasteiger charge is -2.21. The molecule has 1 aromatic rings. The predicted octanol–water partition coefficient (Wildman–Crippen LogP) is 3.51. The monoisotopic (exact) mass is 330 g/mol. The number of rotatable bonds is 4. The van der Waals surface area contributed by atoms with Crippen LogP contribution >= 0.6 is 11.6 Å². The van der Waals surface area contributed by atoms with E-state index in [0.717, 1.165) is 25.7 Å². The first kappa shape index (κ1) is 16.6. The number of sulfonamides is 1. The van der Waals surface area contributed by atoms with E-state index in [-0.39, 0.29) is 9.92 Å². The van der Waals surface area contributed by atoms with E-state index in [1.54, 1.807) is 16.4 Å². The summed E-state index contributed by atoms with van der Waals surface area (Å²) in [6.07, 6.45) is 5.26. The van der Waals surface area contributed by atoms with Crippen molar-refractivity contribution in [1.29, 1.82) is 0 Å². The van der Waals surface area contributed by atoms with E-state index in [2.05, 4.69) is 6.92 Å². The van der Waals surface area contributed by atoms with Crippen LogP contribution in [0.5, 0.6) is 0 Å². The van der Waals surface area contributed by atoms with E-state index in [9.17, 15) is 8.42 Å². The minimum atomic E-state index is -3.56. The molecule has 2 N–H and O–H groups in total. The van der Waals surface area contributed by atoms with E-state index in [4.69, 9.17) is 17.3 Å². The summed E-state index contributed by atoms with van der Waals surface area (Å²) < 4.78 is 27.1. The highest BCUT2D eigenvalue weighted by molar-refractivity contribution is 7.89. The smallest absolute Gasteiger partial charge is 0.244 e. The van der Waals surface area contributed by atoms with E-state index >= 15 is 0 Å². The number of nitrogens with two attached hydrogens (primary N) is 1. The van der Waals surface area contributed by atoms with Crippen molar-refractivity contribution in [1.82, 2.24) is 4.31 Å². The third-order valence-electron chi connectivity index (χ3n) is 4.08. The lowest BCUT2D eigenvalue weighted by molar-refractivity contribution is 0.400. The van der Waals surface area contributed by atoms with Gasteiger partial charge >= 0.3 is 0 Å². The van der Waals surface area contributed by atoms with Gasteiger partial charge in [-0.1, -0.05) is 31.4 Å². The average Bonchev–Trinajstić information content (AvgIpc) is 2.68. The van der Waals surface area contributed by atoms with Gasteiger partial charge in [-0.25, -0.2) is 8.42 Å². The van der Waals surface area contributed by atoms with Crippen molar-refractivity contribution in [3.63, 3.8) is 0 Å². The van der Waals surface area contributed by atoms with E-state index in [0.29, 0.717) is 24.7 Å². The number of anilines is 1. The van der Waals surface area contributed by atoms with Crippen molar-refractivity contribution in [2.75, 3.05) is 18.8 Å². The lowest BCUT2D eigenvalue weighted by Crippen LogP contribution is -2.32. The molecule has 6 heteroatoms. The summed E-state index contributed by atoms with van der Waals surface area (Å²) in [5, 5.41) is 0.235. The van der Waals surface area contributed by atoms with E-state index in [1.165, 1.54) is 12.5 Å². The van der Waals surface area contributed by atoms with Gasteiger partial charge in [-0.2, -0.15) is 4.31 Å². The third kappa shape index (κ3) is 3.90. The third-order valence-corrected chi connectivity index (χ3v) is 6.46. The van der Waals surface area contributed by atoms with Crippen molar-refractivity contribution < 1.29 is 8.42 Å². The van der Waals surface area contributed by atoms with Crippen molar-refractivity contribution in [3.8, 4) is 0 Å². The molecule has 1 fully saturated rings. The number of hydrogen-bond donors (Lipinski definition) is 1. The molecule has 0 spiro atoms. The fraction of sp³-hybridized carbons (Fsp3) is 0.600. The van der Waals surface area contributed by atoms with Crippen LogP contribution < -0.4 is 5.73 Å². The highest BCUT2D eigenvalue weighted by Crippen LogP contribution is 2.30. The molecule has 0 radical (unpaired) electrons. The molecule has 0 aliphatic carbocycles. The zero-order valence-corrected chi connectivity index (χ0v) is 14.0. The number of halogens is 1. The van der Waals surface area contributed by atoms with Crippen LogP contribution in [0.25, 0.3) is 0 Å². The molecule has 1 unspecified atom stereocenters. The first-order chi connectivity index (χ1) is 9.95. The van der Waals surface area contributed by atoms with Crippen LogP contribution in [-0.2, 0) is 10.0 Å². The molecule has 0 bridgehead atoms. The van der Waals surface area contributed by atoms with Crippen LogP contribution in [0.2, 0.25) is 5.02 Å². The Hall–Kier alpha value is -0.780. The van der Waals surface area contributed by atoms with Gasteiger partial charge in [0.05, 0.1) is 5.02 Å². The maximum absolute atomic E-state index is 12.8. The van der Waals surface area contributed by atoms with Gasteiger partial charge in [0.1, 0.15) is 4.90 Å². The quantitative estimate of drug-likeness (QED) is 0.859. The molecule has 0 saturated carbocycles. The fourth-order valence-electron chi connectivity index (χ4n) is 2.93. The van der Waals surface area contributed by atoms with Crippen LogP contribution in [0.1, 0.15) is 39.0 Å². The molecule has 118 valence electrons. The fourth-order valence-corrected chi connectivity index (χ4v) is 4.94. The minimum absolute atomic E-state index is 0.123. The molecule has 4 nitrogen and oxygen atoms in total. The van der Waals surface area contributed by atoms with Gasteiger partial charge in [0.25, 0.3) is 0 Å². The molecule has 21 heavy (non-hydrogen) atoms. The number of benzene rings is 1. The number of hydrogen-bond acceptors (Lipinski definition) is 3. The Labute approximate surface area is 132 Å². The zero-order valence-electron chi connectivity index (χ0n) is 12.4. The van der Waals surface area contributed by atoms with Crippen LogP contribution in [-0.4, -0.2) is 25.8 Å². The Bertz CT molecular complexity index is 589. The number of nitrogen functional groups attached to an aromatic ring is 1. The van der Waals surface area contributed by atoms with Crippen LogP contribution in [0, 0.1) is 5.92 Å². The molecular weight excluding hydrogens is 308 g/mol. The van der Waals surface area contributed by atoms with Crippen molar-refractivity contribution in [2.24, 2.45) is 5.92 Å². The first-order valence-electron chi connectivity index (χ1n) is 7.50. The maximum atomic E-state index is 12.8. The molecule has 1 aliphatic heterocycles. The topological polar surface area (TPSA) is 63.4 Å². The van der Waals surface area contributed by atoms with E-state index in [1.807, 2.05) is 0 Å². The Morgan fingerprint density at radius 2 is 2.10 bits per heavy atom. The summed E-state index contributed by atoms with van der Waals surface area (Å²) >= 11 is 6.06. The molecule has 1 saturated heterocycles. The minimum Gasteiger partial charge on any atom is -0.399 e. The van der Waals surface area contributed by atoms with Gasteiger partial charge in [0.15, 0.2) is 0 Å². The van der Waals surface area contributed by atoms with Crippen LogP contribution in [0.15, 0.2) is 23.1 Å². The average molecular weight is 331 g/mol. The summed E-state index contributed by atoms with van der Waals surface area (Å²) in [5.74, 6) is 0.631. The lowest BCUT2D eigenvalue weighted by atomic mass is 9.96. The Morgan fingerprint density at radius 1 is 1.33 bits per heavy atom. The van der Waals surface area contributed by atoms with Crippen molar-refractivity contribution >= 4 is 27.3 Å². The number of nitrogens with zero attached hydrogens (tertiary/aromatic N) is 1. The second-order valence-corrected chi connectivity index (χ2v) is 7.99. The van der Waals surface area contributed by atoms with Gasteiger partial charge in [-0.05, 0) is 43.4 Å². The van der Waals surface area contributed by atoms with Gasteiger partial charge in [0.2, 0.25) is 10.0 Å². The SMILES string of the molecule is CCCC1CCCN(S(=O)(=O)c2cc(N)ccc2Cl)CC1. The Balaban J connectivity index is 2.21. The van der Waals surface area contributed by atoms with Crippen LogP contribution in [0.4, 0.5) is 5.69 Å². The van der Waals surface area contributed by atoms with Gasteiger partial charge in [-0.3, -0.25) is 0 Å². The summed E-state index contributed by atoms with van der Waals surface area (Å²) in [7, 11) is -3.56. The molecule has 1 heterocycles. The highest BCUT2D eigenvalue weighted by atomic mass is 35.5. The molecule has 0 aromatic heterocycles. The molecule has 1 aromatic carbocycles. The highest BCUT2D eigenvalue weighted by Gasteiger charge is 2.29. The molecule has 2 rings (SSSR count). The molecule has 0 amide bonds. The van der Waals surface area contributed by atoms with Crippen molar-refractivity contribution in [2.45, 2.75) is 43.9 Å². The summed E-state index contributed by atoms with van der Waals surface area (Å²) in [5.41, 5.74) is 6.12. The zero-order chi connectivity index (χ0) is 15.5. The standard InChI is InChI=1S/C15H23ClN2O2S/c1-2-4-12-5-3-9-18(10-8-12)21(19,20)15-11-13(17)6-7-14(15)16/h6-7,11-12H,2-5,8-10,17H2,1H3. The van der Waals surface area contributed by atoms with Gasteiger partial charge in [0, 0.05) is 18.8 Å². The van der Waals surface area contributed by atoms with E-state index < -0.39 is 10.0 Å². The summed E-state index contributed by atoms with van der Waals surface area (Å²) in [6.45, 7) is 3.30. The van der Waals surface area contributed by atoms with Crippen LogP contribution in [0.3, 0.4) is 0 Å². The van der Waals surface area contributed by atoms with Gasteiger partial charge in [-0.15, -0.1) is 0 Å². The Kier molecular flexibility index (Phi) is 5.52. The molecule has 1 aliphatic rings. The maximum Gasteiger partial charge on any atom is 0.244 e. The predicted molar refractivity (Wildman–Crippen MR) is 86.9 cm³/mol. The normalized spacial score (nSPS) is 21.1. The summed E-state index contributed by atoms with van der Waals surface area (Å²) in [4.78, 5) is 0.123. The summed E-state index contributed by atoms with van der Waals surface area (Å²) in [6, 6.07) is 4.61.